The minimum Gasteiger partial charge on any atom is -0.469 e. The molecular formula is C13H24N2O3. The Morgan fingerprint density at radius 1 is 1.28 bits per heavy atom. The summed E-state index contributed by atoms with van der Waals surface area (Å²) in [6.07, 6.45) is 3.57. The number of rotatable bonds is 4. The Morgan fingerprint density at radius 3 is 2.56 bits per heavy atom. The summed E-state index contributed by atoms with van der Waals surface area (Å²) in [6.45, 7) is 4.76. The molecule has 1 N–H and O–H groups in total. The lowest BCUT2D eigenvalue weighted by Crippen LogP contribution is -2.52. The van der Waals surface area contributed by atoms with Gasteiger partial charge in [0, 0.05) is 38.8 Å². The minimum absolute atomic E-state index is 0.133. The van der Waals surface area contributed by atoms with Crippen molar-refractivity contribution >= 4 is 5.97 Å². The van der Waals surface area contributed by atoms with E-state index in [9.17, 15) is 9.90 Å². The quantitative estimate of drug-likeness (QED) is 0.722. The van der Waals surface area contributed by atoms with Crippen LogP contribution in [-0.2, 0) is 9.53 Å². The Kier molecular flexibility index (Phi) is 4.97. The fraction of sp³-hybridized carbons (Fsp3) is 0.923. The fourth-order valence-electron chi connectivity index (χ4n) is 3.02. The van der Waals surface area contributed by atoms with Crippen LogP contribution in [0.5, 0.6) is 0 Å². The normalized spacial score (nSPS) is 30.6. The number of aliphatic hydroxyl groups is 1. The van der Waals surface area contributed by atoms with Crippen LogP contribution in [0.2, 0.25) is 0 Å². The predicted octanol–water partition coefficient (Wildman–Crippen LogP) is 0.0805. The highest BCUT2D eigenvalue weighted by Crippen LogP contribution is 2.24. The lowest BCUT2D eigenvalue weighted by Gasteiger charge is -2.39. The molecule has 0 aromatic rings. The molecule has 0 aromatic heterocycles. The summed E-state index contributed by atoms with van der Waals surface area (Å²) in [5.41, 5.74) is 0. The Hall–Kier alpha value is -0.650. The van der Waals surface area contributed by atoms with Crippen molar-refractivity contribution in [1.29, 1.82) is 0 Å². The Morgan fingerprint density at radius 2 is 2.00 bits per heavy atom. The van der Waals surface area contributed by atoms with Gasteiger partial charge in [-0.1, -0.05) is 0 Å². The zero-order valence-electron chi connectivity index (χ0n) is 11.2. The van der Waals surface area contributed by atoms with E-state index in [1.54, 1.807) is 0 Å². The van der Waals surface area contributed by atoms with E-state index in [1.165, 1.54) is 7.11 Å². The molecule has 104 valence electrons. The second kappa shape index (κ2) is 6.50. The van der Waals surface area contributed by atoms with Gasteiger partial charge in [-0.2, -0.15) is 0 Å². The van der Waals surface area contributed by atoms with Gasteiger partial charge in [0.15, 0.2) is 0 Å². The van der Waals surface area contributed by atoms with Gasteiger partial charge in [-0.25, -0.2) is 0 Å². The zero-order chi connectivity index (χ0) is 13.0. The smallest absolute Gasteiger partial charge is 0.306 e. The lowest BCUT2D eigenvalue weighted by atomic mass is 10.1. The molecule has 18 heavy (non-hydrogen) atoms. The Balaban J connectivity index is 1.69. The highest BCUT2D eigenvalue weighted by atomic mass is 16.5. The molecule has 2 atom stereocenters. The van der Waals surface area contributed by atoms with Crippen molar-refractivity contribution in [1.82, 2.24) is 9.80 Å². The summed E-state index contributed by atoms with van der Waals surface area (Å²) in [7, 11) is 1.43. The predicted molar refractivity (Wildman–Crippen MR) is 68.3 cm³/mol. The molecule has 1 heterocycles. The molecule has 0 radical (unpaired) electrons. The summed E-state index contributed by atoms with van der Waals surface area (Å²) in [6, 6.07) is 0.368. The molecule has 1 aliphatic carbocycles. The Bertz CT molecular complexity index is 277. The average Bonchev–Trinajstić information content (AvgIpc) is 2.83. The largest absolute Gasteiger partial charge is 0.469 e. The van der Waals surface area contributed by atoms with E-state index in [1.807, 2.05) is 0 Å². The number of aliphatic hydroxyl groups excluding tert-OH is 1. The molecule has 0 bridgehead atoms. The van der Waals surface area contributed by atoms with Crippen LogP contribution in [0.1, 0.15) is 25.7 Å². The van der Waals surface area contributed by atoms with Gasteiger partial charge in [0.25, 0.3) is 0 Å². The highest BCUT2D eigenvalue weighted by Gasteiger charge is 2.32. The van der Waals surface area contributed by atoms with Crippen molar-refractivity contribution in [2.45, 2.75) is 37.8 Å². The topological polar surface area (TPSA) is 53.0 Å². The molecule has 2 unspecified atom stereocenters. The van der Waals surface area contributed by atoms with Crippen LogP contribution < -0.4 is 0 Å². The summed E-state index contributed by atoms with van der Waals surface area (Å²) >= 11 is 0. The second-order valence-electron chi connectivity index (χ2n) is 5.27. The third-order valence-corrected chi connectivity index (χ3v) is 4.18. The van der Waals surface area contributed by atoms with E-state index < -0.39 is 0 Å². The van der Waals surface area contributed by atoms with Crippen LogP contribution in [0.3, 0.4) is 0 Å². The van der Waals surface area contributed by atoms with Crippen LogP contribution >= 0.6 is 0 Å². The molecule has 5 heteroatoms. The van der Waals surface area contributed by atoms with Crippen molar-refractivity contribution < 1.29 is 14.6 Å². The number of methoxy groups -OCH3 is 1. The number of nitrogens with zero attached hydrogens (tertiary/aromatic N) is 2. The van der Waals surface area contributed by atoms with E-state index in [0.29, 0.717) is 12.5 Å². The minimum atomic E-state index is -0.136. The number of esters is 1. The van der Waals surface area contributed by atoms with E-state index in [-0.39, 0.29) is 12.1 Å². The molecule has 2 rings (SSSR count). The molecular weight excluding hydrogens is 232 g/mol. The van der Waals surface area contributed by atoms with Gasteiger partial charge >= 0.3 is 5.97 Å². The maximum Gasteiger partial charge on any atom is 0.306 e. The summed E-state index contributed by atoms with van der Waals surface area (Å²) < 4.78 is 4.65. The number of hydrogen-bond acceptors (Lipinski definition) is 5. The van der Waals surface area contributed by atoms with Gasteiger partial charge < -0.3 is 14.7 Å². The van der Waals surface area contributed by atoms with E-state index >= 15 is 0 Å². The van der Waals surface area contributed by atoms with Crippen molar-refractivity contribution in [2.24, 2.45) is 0 Å². The van der Waals surface area contributed by atoms with Gasteiger partial charge in [-0.05, 0) is 19.3 Å². The fourth-order valence-corrected chi connectivity index (χ4v) is 3.02. The molecule has 2 fully saturated rings. The molecule has 2 aliphatic rings. The van der Waals surface area contributed by atoms with Gasteiger partial charge in [0.2, 0.25) is 0 Å². The standard InChI is InChI=1S/C13H24N2O3/c1-18-13(17)5-6-14-7-9-15(10-8-14)11-3-2-4-12(11)16/h11-12,16H,2-10H2,1H3. The van der Waals surface area contributed by atoms with Crippen molar-refractivity contribution in [3.63, 3.8) is 0 Å². The first-order valence-corrected chi connectivity index (χ1v) is 6.92. The maximum atomic E-state index is 11.1. The molecule has 1 saturated carbocycles. The summed E-state index contributed by atoms with van der Waals surface area (Å²) in [4.78, 5) is 15.8. The first kappa shape index (κ1) is 13.8. The monoisotopic (exact) mass is 256 g/mol. The van der Waals surface area contributed by atoms with E-state index in [0.717, 1.165) is 52.0 Å². The van der Waals surface area contributed by atoms with Gasteiger partial charge in [0.1, 0.15) is 0 Å². The molecule has 0 spiro atoms. The van der Waals surface area contributed by atoms with Crippen molar-refractivity contribution in [2.75, 3.05) is 39.8 Å². The van der Waals surface area contributed by atoms with E-state index in [2.05, 4.69) is 14.5 Å². The number of hydrogen-bond donors (Lipinski definition) is 1. The lowest BCUT2D eigenvalue weighted by molar-refractivity contribution is -0.141. The molecule has 1 aliphatic heterocycles. The second-order valence-corrected chi connectivity index (χ2v) is 5.27. The summed E-state index contributed by atoms with van der Waals surface area (Å²) in [5.74, 6) is -0.136. The average molecular weight is 256 g/mol. The maximum absolute atomic E-state index is 11.1. The first-order chi connectivity index (χ1) is 8.70. The highest BCUT2D eigenvalue weighted by molar-refractivity contribution is 5.69. The van der Waals surface area contributed by atoms with Crippen LogP contribution in [0.4, 0.5) is 0 Å². The first-order valence-electron chi connectivity index (χ1n) is 6.92. The number of piperazine rings is 1. The van der Waals surface area contributed by atoms with Gasteiger partial charge in [0.05, 0.1) is 19.6 Å². The van der Waals surface area contributed by atoms with Gasteiger partial charge in [-0.3, -0.25) is 9.69 Å². The van der Waals surface area contributed by atoms with Crippen molar-refractivity contribution in [3.05, 3.63) is 0 Å². The van der Waals surface area contributed by atoms with Crippen LogP contribution in [0.15, 0.2) is 0 Å². The summed E-state index contributed by atoms with van der Waals surface area (Å²) in [5, 5.41) is 9.90. The molecule has 1 saturated heterocycles. The van der Waals surface area contributed by atoms with Crippen molar-refractivity contribution in [3.8, 4) is 0 Å². The molecule has 0 amide bonds. The number of carbonyl (C=O) groups is 1. The zero-order valence-corrected chi connectivity index (χ0v) is 11.2. The third-order valence-electron chi connectivity index (χ3n) is 4.18. The van der Waals surface area contributed by atoms with Crippen LogP contribution in [-0.4, -0.2) is 72.9 Å². The molecule has 5 nitrogen and oxygen atoms in total. The van der Waals surface area contributed by atoms with Crippen LogP contribution in [0.25, 0.3) is 0 Å². The number of carbonyl (C=O) groups excluding carboxylic acids is 1. The SMILES string of the molecule is COC(=O)CCN1CCN(C2CCCC2O)CC1. The Labute approximate surface area is 109 Å². The van der Waals surface area contributed by atoms with Gasteiger partial charge in [-0.15, -0.1) is 0 Å². The third kappa shape index (κ3) is 3.43. The van der Waals surface area contributed by atoms with Crippen LogP contribution in [0, 0.1) is 0 Å². The number of ether oxygens (including phenoxy) is 1. The molecule has 0 aromatic carbocycles. The van der Waals surface area contributed by atoms with E-state index in [4.69, 9.17) is 0 Å².